The fourth-order valence-electron chi connectivity index (χ4n) is 1.60. The van der Waals surface area contributed by atoms with Gasteiger partial charge in [-0.05, 0) is 38.8 Å². The third kappa shape index (κ3) is 6.07. The van der Waals surface area contributed by atoms with Gasteiger partial charge in [0.25, 0.3) is 0 Å². The van der Waals surface area contributed by atoms with E-state index in [1.54, 1.807) is 0 Å². The molecule has 0 spiro atoms. The maximum Gasteiger partial charge on any atom is 0.407 e. The number of carbonyl (C=O) groups is 1. The molecule has 5 heteroatoms. The fourth-order valence-corrected chi connectivity index (χ4v) is 2.04. The first-order chi connectivity index (χ1) is 8.81. The average Bonchev–Trinajstić information content (AvgIpc) is 2.28. The van der Waals surface area contributed by atoms with Crippen molar-refractivity contribution in [3.63, 3.8) is 0 Å². The van der Waals surface area contributed by atoms with Gasteiger partial charge in [-0.3, -0.25) is 0 Å². The molecular formula is C14H21BrN2O2. The highest BCUT2D eigenvalue weighted by molar-refractivity contribution is 9.10. The monoisotopic (exact) mass is 328 g/mol. The molecule has 0 aromatic heterocycles. The highest BCUT2D eigenvalue weighted by atomic mass is 79.9. The van der Waals surface area contributed by atoms with Crippen molar-refractivity contribution in [3.05, 3.63) is 34.3 Å². The molecule has 0 aliphatic heterocycles. The molecule has 1 aromatic carbocycles. The maximum absolute atomic E-state index is 11.7. The second kappa shape index (κ2) is 6.91. The van der Waals surface area contributed by atoms with Gasteiger partial charge in [0.05, 0.1) is 0 Å². The zero-order valence-corrected chi connectivity index (χ0v) is 13.2. The Hall–Kier alpha value is -1.07. The van der Waals surface area contributed by atoms with Crippen LogP contribution in [-0.2, 0) is 11.2 Å². The molecule has 0 heterocycles. The Labute approximate surface area is 122 Å². The molecule has 4 nitrogen and oxygen atoms in total. The number of nitrogens with two attached hydrogens (primary N) is 1. The lowest BCUT2D eigenvalue weighted by Crippen LogP contribution is -2.44. The number of alkyl carbamates (subject to hydrolysis) is 1. The highest BCUT2D eigenvalue weighted by Gasteiger charge is 2.19. The summed E-state index contributed by atoms with van der Waals surface area (Å²) >= 11 is 3.48. The largest absolute Gasteiger partial charge is 0.444 e. The topological polar surface area (TPSA) is 64.3 Å². The van der Waals surface area contributed by atoms with E-state index in [-0.39, 0.29) is 6.04 Å². The van der Waals surface area contributed by atoms with Crippen LogP contribution >= 0.6 is 15.9 Å². The van der Waals surface area contributed by atoms with Crippen LogP contribution in [0.15, 0.2) is 28.7 Å². The van der Waals surface area contributed by atoms with Crippen LogP contribution in [0.4, 0.5) is 4.79 Å². The van der Waals surface area contributed by atoms with E-state index in [1.165, 1.54) is 0 Å². The molecule has 1 rings (SSSR count). The lowest BCUT2D eigenvalue weighted by Gasteiger charge is -2.23. The Morgan fingerprint density at radius 1 is 1.42 bits per heavy atom. The first-order valence-electron chi connectivity index (χ1n) is 6.25. The zero-order chi connectivity index (χ0) is 14.5. The molecule has 0 bridgehead atoms. The SMILES string of the molecule is CC(C)(C)OC(=O)NC(CN)Cc1ccccc1Br. The predicted molar refractivity (Wildman–Crippen MR) is 80.1 cm³/mol. The van der Waals surface area contributed by atoms with Crippen LogP contribution in [0.5, 0.6) is 0 Å². The summed E-state index contributed by atoms with van der Waals surface area (Å²) in [5, 5.41) is 2.79. The number of benzene rings is 1. The molecule has 106 valence electrons. The van der Waals surface area contributed by atoms with E-state index < -0.39 is 11.7 Å². The molecule has 0 aliphatic rings. The van der Waals surface area contributed by atoms with Crippen molar-refractivity contribution in [2.45, 2.75) is 38.8 Å². The second-order valence-electron chi connectivity index (χ2n) is 5.37. The van der Waals surface area contributed by atoms with Crippen LogP contribution < -0.4 is 11.1 Å². The lowest BCUT2D eigenvalue weighted by molar-refractivity contribution is 0.0506. The summed E-state index contributed by atoms with van der Waals surface area (Å²) in [6.07, 6.45) is 0.229. The number of halogens is 1. The summed E-state index contributed by atoms with van der Waals surface area (Å²) < 4.78 is 6.23. The van der Waals surface area contributed by atoms with E-state index >= 15 is 0 Å². The number of rotatable bonds is 4. The third-order valence-corrected chi connectivity index (χ3v) is 3.20. The Balaban J connectivity index is 2.60. The maximum atomic E-state index is 11.7. The standard InChI is InChI=1S/C14H21BrN2O2/c1-14(2,3)19-13(18)17-11(9-16)8-10-6-4-5-7-12(10)15/h4-7,11H,8-9,16H2,1-3H3,(H,17,18). The molecule has 0 radical (unpaired) electrons. The third-order valence-electron chi connectivity index (χ3n) is 2.43. The van der Waals surface area contributed by atoms with Crippen molar-refractivity contribution in [1.29, 1.82) is 0 Å². The van der Waals surface area contributed by atoms with Crippen molar-refractivity contribution < 1.29 is 9.53 Å². The van der Waals surface area contributed by atoms with E-state index in [1.807, 2.05) is 45.0 Å². The predicted octanol–water partition coefficient (Wildman–Crippen LogP) is 2.84. The van der Waals surface area contributed by atoms with Crippen LogP contribution in [-0.4, -0.2) is 24.3 Å². The smallest absolute Gasteiger partial charge is 0.407 e. The second-order valence-corrected chi connectivity index (χ2v) is 6.23. The lowest BCUT2D eigenvalue weighted by atomic mass is 10.1. The van der Waals surface area contributed by atoms with Crippen LogP contribution in [0.25, 0.3) is 0 Å². The van der Waals surface area contributed by atoms with Gasteiger partial charge in [0, 0.05) is 17.1 Å². The number of ether oxygens (including phenoxy) is 1. The molecule has 1 atom stereocenters. The molecule has 0 aliphatic carbocycles. The number of nitrogens with one attached hydrogen (secondary N) is 1. The summed E-state index contributed by atoms with van der Waals surface area (Å²) in [6.45, 7) is 5.86. The first-order valence-corrected chi connectivity index (χ1v) is 7.04. The quantitative estimate of drug-likeness (QED) is 0.893. The number of hydrogen-bond acceptors (Lipinski definition) is 3. The van der Waals surface area contributed by atoms with Crippen molar-refractivity contribution >= 4 is 22.0 Å². The zero-order valence-electron chi connectivity index (χ0n) is 11.6. The van der Waals surface area contributed by atoms with Crippen LogP contribution in [0.1, 0.15) is 26.3 Å². The number of carbonyl (C=O) groups excluding carboxylic acids is 1. The van der Waals surface area contributed by atoms with Gasteiger partial charge in [-0.2, -0.15) is 0 Å². The van der Waals surface area contributed by atoms with E-state index in [2.05, 4.69) is 21.2 Å². The van der Waals surface area contributed by atoms with Crippen molar-refractivity contribution in [2.75, 3.05) is 6.54 Å². The minimum Gasteiger partial charge on any atom is -0.444 e. The van der Waals surface area contributed by atoms with Gasteiger partial charge < -0.3 is 15.8 Å². The number of hydrogen-bond donors (Lipinski definition) is 2. The minimum absolute atomic E-state index is 0.145. The van der Waals surface area contributed by atoms with E-state index in [9.17, 15) is 4.79 Å². The fraction of sp³-hybridized carbons (Fsp3) is 0.500. The molecule has 1 unspecified atom stereocenters. The van der Waals surface area contributed by atoms with Gasteiger partial charge in [-0.1, -0.05) is 34.1 Å². The molecule has 1 aromatic rings. The first kappa shape index (κ1) is 16.0. The molecule has 3 N–H and O–H groups in total. The van der Waals surface area contributed by atoms with Crippen molar-refractivity contribution in [2.24, 2.45) is 5.73 Å². The molecular weight excluding hydrogens is 308 g/mol. The Morgan fingerprint density at radius 2 is 2.05 bits per heavy atom. The summed E-state index contributed by atoms with van der Waals surface area (Å²) in [7, 11) is 0. The van der Waals surface area contributed by atoms with Crippen LogP contribution in [0, 0.1) is 0 Å². The Bertz CT molecular complexity index is 430. The summed E-state index contributed by atoms with van der Waals surface area (Å²) in [6, 6.07) is 7.74. The summed E-state index contributed by atoms with van der Waals surface area (Å²) in [4.78, 5) is 11.7. The normalized spacial score (nSPS) is 12.9. The molecule has 1 amide bonds. The van der Waals surface area contributed by atoms with E-state index in [0.717, 1.165) is 10.0 Å². The summed E-state index contributed by atoms with van der Waals surface area (Å²) in [5.41, 5.74) is 6.30. The van der Waals surface area contributed by atoms with Crippen molar-refractivity contribution in [1.82, 2.24) is 5.32 Å². The summed E-state index contributed by atoms with van der Waals surface area (Å²) in [5.74, 6) is 0. The van der Waals surface area contributed by atoms with Crippen LogP contribution in [0.3, 0.4) is 0 Å². The highest BCUT2D eigenvalue weighted by Crippen LogP contribution is 2.17. The van der Waals surface area contributed by atoms with E-state index in [0.29, 0.717) is 13.0 Å². The van der Waals surface area contributed by atoms with Gasteiger partial charge in [0.1, 0.15) is 5.60 Å². The molecule has 0 fully saturated rings. The van der Waals surface area contributed by atoms with Gasteiger partial charge in [-0.25, -0.2) is 4.79 Å². The molecule has 19 heavy (non-hydrogen) atoms. The average molecular weight is 329 g/mol. The van der Waals surface area contributed by atoms with Gasteiger partial charge in [-0.15, -0.1) is 0 Å². The number of amides is 1. The molecule has 0 saturated heterocycles. The Morgan fingerprint density at radius 3 is 2.58 bits per heavy atom. The minimum atomic E-state index is -0.503. The Kier molecular flexibility index (Phi) is 5.82. The van der Waals surface area contributed by atoms with Gasteiger partial charge in [0.15, 0.2) is 0 Å². The van der Waals surface area contributed by atoms with Crippen LogP contribution in [0.2, 0.25) is 0 Å². The van der Waals surface area contributed by atoms with Crippen molar-refractivity contribution in [3.8, 4) is 0 Å². The van der Waals surface area contributed by atoms with E-state index in [4.69, 9.17) is 10.5 Å². The van der Waals surface area contributed by atoms with Gasteiger partial charge in [0.2, 0.25) is 0 Å². The molecule has 0 saturated carbocycles. The van der Waals surface area contributed by atoms with Gasteiger partial charge >= 0.3 is 6.09 Å².